The Balaban J connectivity index is 2.76. The maximum Gasteiger partial charge on any atom is 0.0776 e. The molecule has 0 bridgehead atoms. The first-order chi connectivity index (χ1) is 7.36. The van der Waals surface area contributed by atoms with Crippen LogP contribution in [0.3, 0.4) is 0 Å². The van der Waals surface area contributed by atoms with Gasteiger partial charge in [-0.25, -0.2) is 0 Å². The predicted molar refractivity (Wildman–Crippen MR) is 65.6 cm³/mol. The van der Waals surface area contributed by atoms with Crippen LogP contribution in [-0.4, -0.2) is 4.98 Å². The van der Waals surface area contributed by atoms with Crippen molar-refractivity contribution < 1.29 is 0 Å². The van der Waals surface area contributed by atoms with E-state index in [1.54, 1.807) is 0 Å². The molecule has 0 unspecified atom stereocenters. The summed E-state index contributed by atoms with van der Waals surface area (Å²) in [6, 6.07) is 10.3. The van der Waals surface area contributed by atoms with Gasteiger partial charge in [-0.05, 0) is 23.9 Å². The Hall–Kier alpha value is -1.89. The van der Waals surface area contributed by atoms with Crippen LogP contribution < -0.4 is 0 Å². The molecule has 0 radical (unpaired) electrons. The van der Waals surface area contributed by atoms with Gasteiger partial charge in [0.25, 0.3) is 0 Å². The largest absolute Gasteiger partial charge is 0.256 e. The molecule has 0 fully saturated rings. The van der Waals surface area contributed by atoms with Crippen LogP contribution in [0.15, 0.2) is 55.3 Å². The maximum atomic E-state index is 4.41. The Morgan fingerprint density at radius 2 is 2.07 bits per heavy atom. The minimum atomic E-state index is 1.01. The summed E-state index contributed by atoms with van der Waals surface area (Å²) >= 11 is 0. The molecule has 0 saturated heterocycles. The van der Waals surface area contributed by atoms with Gasteiger partial charge in [-0.15, -0.1) is 0 Å². The first-order valence-corrected chi connectivity index (χ1v) is 4.99. The second kappa shape index (κ2) is 4.09. The van der Waals surface area contributed by atoms with Gasteiger partial charge in [0, 0.05) is 11.6 Å². The molecule has 2 aromatic rings. The number of hydrogen-bond donors (Lipinski definition) is 0. The molecule has 0 aliphatic rings. The van der Waals surface area contributed by atoms with Crippen LogP contribution >= 0.6 is 0 Å². The first-order valence-electron chi connectivity index (χ1n) is 4.99. The van der Waals surface area contributed by atoms with Crippen LogP contribution in [0.2, 0.25) is 0 Å². The van der Waals surface area contributed by atoms with Crippen molar-refractivity contribution in [2.24, 2.45) is 0 Å². The van der Waals surface area contributed by atoms with Crippen molar-refractivity contribution in [2.45, 2.75) is 6.92 Å². The Labute approximate surface area is 89.8 Å². The molecule has 0 aliphatic heterocycles. The van der Waals surface area contributed by atoms with Crippen molar-refractivity contribution in [3.8, 4) is 0 Å². The molecule has 0 aliphatic carbocycles. The van der Waals surface area contributed by atoms with E-state index >= 15 is 0 Å². The molecule has 2 rings (SSSR count). The number of aromatic nitrogens is 1. The van der Waals surface area contributed by atoms with E-state index in [4.69, 9.17) is 0 Å². The van der Waals surface area contributed by atoms with E-state index in [2.05, 4.69) is 23.7 Å². The minimum Gasteiger partial charge on any atom is -0.256 e. The Morgan fingerprint density at radius 1 is 1.27 bits per heavy atom. The highest BCUT2D eigenvalue weighted by Gasteiger charge is 2.03. The number of hydrogen-bond acceptors (Lipinski definition) is 1. The number of allylic oxidation sites excluding steroid dienone is 3. The lowest BCUT2D eigenvalue weighted by atomic mass is 10.0. The molecule has 74 valence electrons. The van der Waals surface area contributed by atoms with Crippen LogP contribution in [0.1, 0.15) is 12.6 Å². The van der Waals surface area contributed by atoms with Gasteiger partial charge in [0.15, 0.2) is 0 Å². The molecule has 0 atom stereocenters. The number of fused-ring (bicyclic) bond motifs is 1. The summed E-state index contributed by atoms with van der Waals surface area (Å²) in [5.74, 6) is 0. The van der Waals surface area contributed by atoms with Gasteiger partial charge in [0.2, 0.25) is 0 Å². The van der Waals surface area contributed by atoms with Crippen LogP contribution in [0.5, 0.6) is 0 Å². The molecule has 1 aromatic carbocycles. The third-order valence-corrected chi connectivity index (χ3v) is 2.48. The summed E-state index contributed by atoms with van der Waals surface area (Å²) in [6.07, 6.45) is 5.71. The van der Waals surface area contributed by atoms with Crippen molar-refractivity contribution in [1.29, 1.82) is 0 Å². The molecule has 0 N–H and O–H groups in total. The summed E-state index contributed by atoms with van der Waals surface area (Å²) in [5.41, 5.74) is 2.08. The molecule has 0 spiro atoms. The van der Waals surface area contributed by atoms with E-state index in [-0.39, 0.29) is 0 Å². The number of benzene rings is 1. The highest BCUT2D eigenvalue weighted by Crippen LogP contribution is 2.23. The molecule has 1 heterocycles. The second-order valence-electron chi connectivity index (χ2n) is 3.33. The molecule has 0 saturated carbocycles. The molecule has 15 heavy (non-hydrogen) atoms. The van der Waals surface area contributed by atoms with Crippen LogP contribution in [-0.2, 0) is 0 Å². The van der Waals surface area contributed by atoms with Gasteiger partial charge in [0.1, 0.15) is 0 Å². The predicted octanol–water partition coefficient (Wildman–Crippen LogP) is 3.82. The maximum absolute atomic E-state index is 4.41. The summed E-state index contributed by atoms with van der Waals surface area (Å²) in [5, 5.41) is 2.39. The van der Waals surface area contributed by atoms with Gasteiger partial charge >= 0.3 is 0 Å². The SMILES string of the molecule is C=C/C(=C\C)c1nccc2ccccc12. The normalized spacial score (nSPS) is 11.7. The second-order valence-corrected chi connectivity index (χ2v) is 3.33. The fraction of sp³-hybridized carbons (Fsp3) is 0.0714. The van der Waals surface area contributed by atoms with E-state index in [1.165, 1.54) is 10.8 Å². The summed E-state index contributed by atoms with van der Waals surface area (Å²) in [4.78, 5) is 4.41. The first kappa shape index (κ1) is 9.66. The summed E-state index contributed by atoms with van der Waals surface area (Å²) in [7, 11) is 0. The molecule has 1 nitrogen and oxygen atoms in total. The fourth-order valence-electron chi connectivity index (χ4n) is 1.70. The minimum absolute atomic E-state index is 1.01. The third kappa shape index (κ3) is 1.68. The highest BCUT2D eigenvalue weighted by molar-refractivity contribution is 5.93. The van der Waals surface area contributed by atoms with E-state index in [0.717, 1.165) is 11.3 Å². The molecule has 1 heteroatoms. The number of pyridine rings is 1. The molecular formula is C14H13N. The van der Waals surface area contributed by atoms with Crippen molar-refractivity contribution >= 4 is 16.3 Å². The molecular weight excluding hydrogens is 182 g/mol. The quantitative estimate of drug-likeness (QED) is 0.664. The van der Waals surface area contributed by atoms with E-state index in [9.17, 15) is 0 Å². The van der Waals surface area contributed by atoms with Crippen LogP contribution in [0.4, 0.5) is 0 Å². The zero-order valence-electron chi connectivity index (χ0n) is 8.77. The van der Waals surface area contributed by atoms with Gasteiger partial charge in [-0.1, -0.05) is 43.0 Å². The van der Waals surface area contributed by atoms with E-state index in [0.29, 0.717) is 0 Å². The summed E-state index contributed by atoms with van der Waals surface area (Å²) in [6.45, 7) is 5.81. The van der Waals surface area contributed by atoms with Gasteiger partial charge in [0.05, 0.1) is 5.69 Å². The number of nitrogens with zero attached hydrogens (tertiary/aromatic N) is 1. The summed E-state index contributed by atoms with van der Waals surface area (Å²) < 4.78 is 0. The lowest BCUT2D eigenvalue weighted by Crippen LogP contribution is -1.88. The monoisotopic (exact) mass is 195 g/mol. The lowest BCUT2D eigenvalue weighted by Gasteiger charge is -2.05. The zero-order valence-corrected chi connectivity index (χ0v) is 8.77. The Bertz CT molecular complexity index is 518. The average molecular weight is 195 g/mol. The smallest absolute Gasteiger partial charge is 0.0776 e. The van der Waals surface area contributed by atoms with Gasteiger partial charge < -0.3 is 0 Å². The van der Waals surface area contributed by atoms with Crippen molar-refractivity contribution in [2.75, 3.05) is 0 Å². The van der Waals surface area contributed by atoms with Crippen molar-refractivity contribution in [3.05, 3.63) is 61.0 Å². The van der Waals surface area contributed by atoms with Gasteiger partial charge in [-0.2, -0.15) is 0 Å². The molecule has 0 amide bonds. The van der Waals surface area contributed by atoms with E-state index < -0.39 is 0 Å². The van der Waals surface area contributed by atoms with Crippen molar-refractivity contribution in [3.63, 3.8) is 0 Å². The standard InChI is InChI=1S/C14H13N/c1-3-11(4-2)14-13-8-6-5-7-12(13)9-10-15-14/h3-10H,1H2,2H3/b11-4+. The van der Waals surface area contributed by atoms with Gasteiger partial charge in [-0.3, -0.25) is 4.98 Å². The Kier molecular flexibility index (Phi) is 2.64. The van der Waals surface area contributed by atoms with Crippen LogP contribution in [0, 0.1) is 0 Å². The highest BCUT2D eigenvalue weighted by atomic mass is 14.7. The Morgan fingerprint density at radius 3 is 2.80 bits per heavy atom. The molecule has 1 aromatic heterocycles. The third-order valence-electron chi connectivity index (χ3n) is 2.48. The van der Waals surface area contributed by atoms with E-state index in [1.807, 2.05) is 43.5 Å². The zero-order chi connectivity index (χ0) is 10.7. The number of rotatable bonds is 2. The van der Waals surface area contributed by atoms with Crippen molar-refractivity contribution in [1.82, 2.24) is 4.98 Å². The average Bonchev–Trinajstić information content (AvgIpc) is 2.31. The topological polar surface area (TPSA) is 12.9 Å². The lowest BCUT2D eigenvalue weighted by molar-refractivity contribution is 1.31. The fourth-order valence-corrected chi connectivity index (χ4v) is 1.70. The van der Waals surface area contributed by atoms with Crippen LogP contribution in [0.25, 0.3) is 16.3 Å².